The Kier molecular flexibility index (Phi) is 35.7. The second-order valence-corrected chi connectivity index (χ2v) is 14.1. The third-order valence-corrected chi connectivity index (χ3v) is 8.88. The van der Waals surface area contributed by atoms with Crippen molar-refractivity contribution in [2.24, 2.45) is 22.9 Å². The number of esters is 1. The Bertz CT molecular complexity index is 1410. The Balaban J connectivity index is 0.00000700. The average molecular weight is 917 g/mol. The molecule has 1 aromatic rings. The average Bonchev–Trinajstić information content (AvgIpc) is 3.26. The molecule has 358 valence electrons. The van der Waals surface area contributed by atoms with Gasteiger partial charge < -0.3 is 67.9 Å². The maximum absolute atomic E-state index is 14.0. The summed E-state index contributed by atoms with van der Waals surface area (Å²) in [4.78, 5) is 62.4. The molecule has 0 radical (unpaired) electrons. The summed E-state index contributed by atoms with van der Waals surface area (Å²) in [5.41, 5.74) is 21.7. The quantitative estimate of drug-likeness (QED) is 0.00850. The number of nitrogens with one attached hydrogen (secondary N) is 4. The number of amides is 4. The first-order valence-corrected chi connectivity index (χ1v) is 21.4. The van der Waals surface area contributed by atoms with Gasteiger partial charge in [-0.2, -0.15) is 4.39 Å². The van der Waals surface area contributed by atoms with Gasteiger partial charge in [0.1, 0.15) is 12.1 Å². The molecule has 23 heteroatoms. The molecule has 0 aliphatic heterocycles. The van der Waals surface area contributed by atoms with E-state index in [1.54, 1.807) is 9.24 Å². The van der Waals surface area contributed by atoms with Crippen LogP contribution in [0.1, 0.15) is 77.6 Å². The fourth-order valence-corrected chi connectivity index (χ4v) is 5.22. The lowest BCUT2D eigenvalue weighted by molar-refractivity contribution is -0.136. The van der Waals surface area contributed by atoms with E-state index >= 15 is 0 Å². The number of carbonyl (C=O) groups excluding carboxylic acids is 5. The molecule has 0 spiro atoms. The number of rotatable bonds is 35. The Morgan fingerprint density at radius 3 is 1.55 bits per heavy atom. The van der Waals surface area contributed by atoms with Crippen LogP contribution in [0.4, 0.5) is 17.6 Å². The summed E-state index contributed by atoms with van der Waals surface area (Å²) in [6.07, 6.45) is 5.77. The summed E-state index contributed by atoms with van der Waals surface area (Å²) >= 11 is 0. The smallest absolute Gasteiger partial charge is 0.313 e. The predicted molar refractivity (Wildman–Crippen MR) is 227 cm³/mol. The zero-order valence-corrected chi connectivity index (χ0v) is 37.0. The molecule has 12 N–H and O–H groups in total. The van der Waals surface area contributed by atoms with Crippen molar-refractivity contribution in [1.29, 1.82) is 0 Å². The normalized spacial score (nSPS) is 11.8. The minimum absolute atomic E-state index is 0.0768. The number of ether oxygens (including phenoxy) is 5. The summed E-state index contributed by atoms with van der Waals surface area (Å²) in [7, 11) is 1.56. The van der Waals surface area contributed by atoms with Crippen molar-refractivity contribution in [2.45, 2.75) is 89.6 Å². The van der Waals surface area contributed by atoms with Gasteiger partial charge in [0, 0.05) is 18.3 Å². The third kappa shape index (κ3) is 27.5. The molecule has 1 aromatic carbocycles. The molecule has 18 nitrogen and oxygen atoms in total. The zero-order chi connectivity index (χ0) is 46.5. The van der Waals surface area contributed by atoms with Crippen LogP contribution in [-0.4, -0.2) is 134 Å². The number of nitrogens with two attached hydrogens (primary N) is 4. The van der Waals surface area contributed by atoms with Gasteiger partial charge >= 0.3 is 5.97 Å². The second-order valence-electron chi connectivity index (χ2n) is 13.5. The second kappa shape index (κ2) is 37.9. The first-order valence-electron chi connectivity index (χ1n) is 20.9. The molecule has 0 fully saturated rings. The van der Waals surface area contributed by atoms with Crippen molar-refractivity contribution in [3.63, 3.8) is 0 Å². The first kappa shape index (κ1) is 58.4. The number of halogens is 4. The van der Waals surface area contributed by atoms with Crippen molar-refractivity contribution in [3.05, 3.63) is 23.3 Å². The van der Waals surface area contributed by atoms with Crippen LogP contribution in [0.25, 0.3) is 0 Å². The van der Waals surface area contributed by atoms with E-state index < -0.39 is 83.1 Å². The van der Waals surface area contributed by atoms with Crippen LogP contribution in [0.5, 0.6) is 5.75 Å². The molecule has 1 rings (SSSR count). The largest absolute Gasteiger partial charge is 0.420 e. The lowest BCUT2D eigenvalue weighted by Gasteiger charge is -2.20. The third-order valence-electron chi connectivity index (χ3n) is 8.37. The number of benzene rings is 1. The van der Waals surface area contributed by atoms with Gasteiger partial charge in [-0.15, -0.1) is 0 Å². The van der Waals surface area contributed by atoms with Gasteiger partial charge in [-0.25, -0.2) is 13.2 Å². The first-order chi connectivity index (χ1) is 29.8. The predicted octanol–water partition coefficient (Wildman–Crippen LogP) is 0.0494. The molecule has 3 unspecified atom stereocenters. The van der Waals surface area contributed by atoms with Gasteiger partial charge in [0.25, 0.3) is 0 Å². The molecule has 4 amide bonds. The van der Waals surface area contributed by atoms with Crippen LogP contribution in [-0.2, 0) is 42.9 Å². The van der Waals surface area contributed by atoms with Crippen molar-refractivity contribution in [1.82, 2.24) is 21.3 Å². The Morgan fingerprint density at radius 2 is 1.05 bits per heavy atom. The molecule has 0 aliphatic rings. The Labute approximate surface area is 363 Å². The van der Waals surface area contributed by atoms with Crippen LogP contribution in [0, 0.1) is 23.3 Å². The van der Waals surface area contributed by atoms with Gasteiger partial charge in [0.05, 0.1) is 65.8 Å². The lowest BCUT2D eigenvalue weighted by atomic mass is 10.1. The summed E-state index contributed by atoms with van der Waals surface area (Å²) in [6.45, 7) is 5.04. The van der Waals surface area contributed by atoms with Crippen molar-refractivity contribution >= 4 is 44.1 Å². The van der Waals surface area contributed by atoms with E-state index in [0.29, 0.717) is 64.6 Å². The van der Waals surface area contributed by atoms with Gasteiger partial charge in [0.15, 0.2) is 17.5 Å². The fourth-order valence-electron chi connectivity index (χ4n) is 4.96. The van der Waals surface area contributed by atoms with Gasteiger partial charge in [0.2, 0.25) is 35.2 Å². The zero-order valence-electron chi connectivity index (χ0n) is 35.8. The van der Waals surface area contributed by atoms with Gasteiger partial charge in [-0.05, 0) is 77.5 Å². The lowest BCUT2D eigenvalue weighted by Crippen LogP contribution is -2.52. The van der Waals surface area contributed by atoms with E-state index in [2.05, 4.69) is 32.9 Å². The van der Waals surface area contributed by atoms with Crippen LogP contribution < -0.4 is 54.2 Å². The minimum Gasteiger partial charge on any atom is -0.420 e. The van der Waals surface area contributed by atoms with Crippen molar-refractivity contribution in [2.75, 3.05) is 92.1 Å². The summed E-state index contributed by atoms with van der Waals surface area (Å²) in [6, 6.07) is -1.71. The molecular weight excluding hydrogens is 847 g/mol. The highest BCUT2D eigenvalue weighted by atomic mass is 31.0. The molecule has 0 aliphatic carbocycles. The highest BCUT2D eigenvalue weighted by molar-refractivity contribution is 7.27. The van der Waals surface area contributed by atoms with Crippen LogP contribution in [0.2, 0.25) is 0 Å². The number of hydrogen-bond acceptors (Lipinski definition) is 14. The fraction of sp³-hybridized carbons (Fsp3) is 0.718. The van der Waals surface area contributed by atoms with E-state index in [1.165, 1.54) is 12.8 Å². The molecule has 3 atom stereocenters. The van der Waals surface area contributed by atoms with E-state index in [4.69, 9.17) is 41.9 Å². The van der Waals surface area contributed by atoms with E-state index in [-0.39, 0.29) is 71.7 Å². The Morgan fingerprint density at radius 1 is 0.565 bits per heavy atom. The molecular formula is C39H69F4N8O10P. The number of carbonyl (C=O) groups is 5. The SMILES string of the molecule is CCCCN.NCCCCC(NC(=O)CCCN)C(=O)NCC(=O)NC(CCCCN)C(=O)NCCOCCOCCOCCOCCC(=O)Oc1c(F)c(F)c(F)c(P)c1F. The standard InChI is InChI=1S/C35H58F4N7O10P.C4H11N/c36-28-29(37)32(31(39)33(57)30(28)38)56-27(49)9-14-52-16-18-54-20-21-55-19-17-53-15-13-43-34(50)23(6-1-3-10-40)46-26(48)22-44-35(51)24(7-2-4-11-41)45-25(47)8-5-12-42;1-2-3-4-5/h23-24H,1-22,40-42,57H2,(H,43,50)(H,44,51)(H,45,47)(H,46,48);2-5H2,1H3. The molecule has 0 heterocycles. The highest BCUT2D eigenvalue weighted by Gasteiger charge is 2.27. The van der Waals surface area contributed by atoms with Crippen molar-refractivity contribution < 1.29 is 65.2 Å². The topological polar surface area (TPSA) is 284 Å². The van der Waals surface area contributed by atoms with Crippen LogP contribution in [0.15, 0.2) is 0 Å². The highest BCUT2D eigenvalue weighted by Crippen LogP contribution is 2.26. The maximum Gasteiger partial charge on any atom is 0.313 e. The van der Waals surface area contributed by atoms with E-state index in [9.17, 15) is 41.5 Å². The van der Waals surface area contributed by atoms with Crippen LogP contribution in [0.3, 0.4) is 0 Å². The monoisotopic (exact) mass is 916 g/mol. The van der Waals surface area contributed by atoms with E-state index in [1.807, 2.05) is 0 Å². The number of hydrogen-bond donors (Lipinski definition) is 8. The number of unbranched alkanes of at least 4 members (excludes halogenated alkanes) is 3. The van der Waals surface area contributed by atoms with Gasteiger partial charge in [-0.1, -0.05) is 22.6 Å². The maximum atomic E-state index is 14.0. The van der Waals surface area contributed by atoms with E-state index in [0.717, 1.165) is 6.54 Å². The molecule has 0 bridgehead atoms. The summed E-state index contributed by atoms with van der Waals surface area (Å²) in [5.74, 6) is -11.5. The summed E-state index contributed by atoms with van der Waals surface area (Å²) < 4.78 is 80.4. The summed E-state index contributed by atoms with van der Waals surface area (Å²) in [5, 5.41) is 9.66. The molecule has 0 saturated carbocycles. The van der Waals surface area contributed by atoms with Crippen LogP contribution >= 0.6 is 9.24 Å². The van der Waals surface area contributed by atoms with Crippen molar-refractivity contribution in [3.8, 4) is 5.75 Å². The minimum atomic E-state index is -1.97. The Hall–Kier alpha value is -3.60. The van der Waals surface area contributed by atoms with Gasteiger partial charge in [-0.3, -0.25) is 24.0 Å². The molecule has 0 aromatic heterocycles. The molecule has 0 saturated heterocycles. The molecule has 62 heavy (non-hydrogen) atoms.